The number of amides is 2. The Balaban J connectivity index is 2.06. The number of carbonyl (C=O) groups is 2. The van der Waals surface area contributed by atoms with Crippen LogP contribution in [0, 0.1) is 5.92 Å². The SMILES string of the molecule is C[C@@H]1CN(C(=O)C(C)(O)C(F)(F)F)CC[C@@H]1N(C)C(=O)c1ccccc1. The highest BCUT2D eigenvalue weighted by Gasteiger charge is 2.57. The Labute approximate surface area is 150 Å². The molecule has 1 saturated heterocycles. The number of likely N-dealkylation sites (tertiary alicyclic amines) is 1. The van der Waals surface area contributed by atoms with Gasteiger partial charge in [-0.25, -0.2) is 0 Å². The van der Waals surface area contributed by atoms with Gasteiger partial charge < -0.3 is 14.9 Å². The van der Waals surface area contributed by atoms with Crippen LogP contribution in [0.1, 0.15) is 30.6 Å². The molecule has 1 fully saturated rings. The maximum absolute atomic E-state index is 12.9. The monoisotopic (exact) mass is 372 g/mol. The summed E-state index contributed by atoms with van der Waals surface area (Å²) in [5, 5.41) is 9.59. The minimum atomic E-state index is -5.04. The van der Waals surface area contributed by atoms with E-state index >= 15 is 0 Å². The number of aliphatic hydroxyl groups is 1. The van der Waals surface area contributed by atoms with Gasteiger partial charge in [-0.3, -0.25) is 9.59 Å². The molecule has 0 radical (unpaired) electrons. The van der Waals surface area contributed by atoms with E-state index in [2.05, 4.69) is 0 Å². The highest BCUT2D eigenvalue weighted by molar-refractivity contribution is 5.94. The maximum Gasteiger partial charge on any atom is 0.426 e. The highest BCUT2D eigenvalue weighted by Crippen LogP contribution is 2.33. The van der Waals surface area contributed by atoms with E-state index in [9.17, 15) is 27.9 Å². The Bertz CT molecular complexity index is 661. The number of hydrogen-bond acceptors (Lipinski definition) is 3. The summed E-state index contributed by atoms with van der Waals surface area (Å²) in [4.78, 5) is 27.3. The minimum Gasteiger partial charge on any atom is -0.373 e. The van der Waals surface area contributed by atoms with Crippen molar-refractivity contribution < 1.29 is 27.9 Å². The number of rotatable bonds is 3. The summed E-state index contributed by atoms with van der Waals surface area (Å²) < 4.78 is 38.7. The van der Waals surface area contributed by atoms with Crippen molar-refractivity contribution in [2.75, 3.05) is 20.1 Å². The van der Waals surface area contributed by atoms with Crippen LogP contribution in [0.2, 0.25) is 0 Å². The molecule has 0 aliphatic carbocycles. The first-order valence-corrected chi connectivity index (χ1v) is 8.37. The molecule has 5 nitrogen and oxygen atoms in total. The summed E-state index contributed by atoms with van der Waals surface area (Å²) in [6, 6.07) is 8.50. The van der Waals surface area contributed by atoms with Crippen LogP contribution in [0.15, 0.2) is 30.3 Å². The molecule has 26 heavy (non-hydrogen) atoms. The largest absolute Gasteiger partial charge is 0.426 e. The molecule has 2 amide bonds. The first kappa shape index (κ1) is 20.2. The smallest absolute Gasteiger partial charge is 0.373 e. The maximum atomic E-state index is 12.9. The van der Waals surface area contributed by atoms with Gasteiger partial charge in [0, 0.05) is 31.7 Å². The third-order valence-electron chi connectivity index (χ3n) is 4.95. The molecular weight excluding hydrogens is 349 g/mol. The molecule has 1 aliphatic rings. The molecule has 1 aliphatic heterocycles. The van der Waals surface area contributed by atoms with Crippen molar-refractivity contribution in [2.24, 2.45) is 5.92 Å². The van der Waals surface area contributed by atoms with Gasteiger partial charge in [0.2, 0.25) is 5.60 Å². The molecule has 0 spiro atoms. The van der Waals surface area contributed by atoms with Crippen LogP contribution in [-0.2, 0) is 4.79 Å². The number of alkyl halides is 3. The van der Waals surface area contributed by atoms with Gasteiger partial charge in [-0.15, -0.1) is 0 Å². The summed E-state index contributed by atoms with van der Waals surface area (Å²) in [7, 11) is 1.65. The molecule has 144 valence electrons. The molecule has 1 N–H and O–H groups in total. The van der Waals surface area contributed by atoms with Crippen LogP contribution >= 0.6 is 0 Å². The van der Waals surface area contributed by atoms with E-state index < -0.39 is 17.7 Å². The fourth-order valence-corrected chi connectivity index (χ4v) is 3.26. The summed E-state index contributed by atoms with van der Waals surface area (Å²) in [5.74, 6) is -1.76. The van der Waals surface area contributed by atoms with Crippen LogP contribution in [-0.4, -0.2) is 64.7 Å². The van der Waals surface area contributed by atoms with E-state index in [1.165, 1.54) is 0 Å². The van der Waals surface area contributed by atoms with E-state index in [1.807, 2.05) is 0 Å². The highest BCUT2D eigenvalue weighted by atomic mass is 19.4. The van der Waals surface area contributed by atoms with Gasteiger partial charge in [-0.1, -0.05) is 25.1 Å². The summed E-state index contributed by atoms with van der Waals surface area (Å²) in [6.45, 7) is 2.34. The fraction of sp³-hybridized carbons (Fsp3) is 0.556. The third kappa shape index (κ3) is 3.85. The van der Waals surface area contributed by atoms with Crippen LogP contribution in [0.5, 0.6) is 0 Å². The van der Waals surface area contributed by atoms with Crippen LogP contribution in [0.4, 0.5) is 13.2 Å². The standard InChI is InChI=1S/C18H23F3N2O3/c1-12-11-23(16(25)17(2,26)18(19,20)21)10-9-14(12)22(3)15(24)13-7-5-4-6-8-13/h4-8,12,14,26H,9-11H2,1-3H3/t12-,14+,17?/m1/s1. The molecular formula is C18H23F3N2O3. The predicted molar refractivity (Wildman–Crippen MR) is 89.4 cm³/mol. The second-order valence-corrected chi connectivity index (χ2v) is 6.94. The molecule has 2 rings (SSSR count). The lowest BCUT2D eigenvalue weighted by Crippen LogP contribution is -2.60. The van der Waals surface area contributed by atoms with Gasteiger partial charge >= 0.3 is 6.18 Å². The Hall–Kier alpha value is -2.09. The van der Waals surface area contributed by atoms with E-state index in [4.69, 9.17) is 0 Å². The van der Waals surface area contributed by atoms with E-state index in [0.717, 1.165) is 4.90 Å². The van der Waals surface area contributed by atoms with Gasteiger partial charge in [0.1, 0.15) is 0 Å². The second kappa shape index (κ2) is 7.26. The van der Waals surface area contributed by atoms with E-state index in [-0.39, 0.29) is 31.0 Å². The Morgan fingerprint density at radius 3 is 2.31 bits per heavy atom. The number of piperidine rings is 1. The topological polar surface area (TPSA) is 60.9 Å². The summed E-state index contributed by atoms with van der Waals surface area (Å²) in [6.07, 6.45) is -4.69. The zero-order valence-corrected chi connectivity index (χ0v) is 15.0. The number of nitrogens with zero attached hydrogens (tertiary/aromatic N) is 2. The lowest BCUT2D eigenvalue weighted by Gasteiger charge is -2.43. The zero-order chi connectivity index (χ0) is 19.7. The van der Waals surface area contributed by atoms with Crippen molar-refractivity contribution in [1.29, 1.82) is 0 Å². The van der Waals surface area contributed by atoms with Crippen LogP contribution < -0.4 is 0 Å². The number of halogens is 3. The average Bonchev–Trinajstić information content (AvgIpc) is 2.59. The molecule has 0 aromatic heterocycles. The van der Waals surface area contributed by atoms with Crippen molar-refractivity contribution >= 4 is 11.8 Å². The molecule has 1 aromatic rings. The van der Waals surface area contributed by atoms with Crippen molar-refractivity contribution in [3.05, 3.63) is 35.9 Å². The number of benzene rings is 1. The molecule has 3 atom stereocenters. The predicted octanol–water partition coefficient (Wildman–Crippen LogP) is 2.31. The van der Waals surface area contributed by atoms with Crippen LogP contribution in [0.3, 0.4) is 0 Å². The Kier molecular flexibility index (Phi) is 5.65. The lowest BCUT2D eigenvalue weighted by atomic mass is 9.90. The third-order valence-corrected chi connectivity index (χ3v) is 4.95. The van der Waals surface area contributed by atoms with Gasteiger partial charge in [0.15, 0.2) is 0 Å². The molecule has 1 unspecified atom stereocenters. The van der Waals surface area contributed by atoms with Crippen LogP contribution in [0.25, 0.3) is 0 Å². The van der Waals surface area contributed by atoms with Crippen molar-refractivity contribution in [2.45, 2.75) is 38.1 Å². The lowest BCUT2D eigenvalue weighted by molar-refractivity contribution is -0.251. The molecule has 0 bridgehead atoms. The molecule has 8 heteroatoms. The minimum absolute atomic E-state index is 0.0438. The summed E-state index contributed by atoms with van der Waals surface area (Å²) in [5.41, 5.74) is -2.88. The quantitative estimate of drug-likeness (QED) is 0.886. The van der Waals surface area contributed by atoms with E-state index in [0.29, 0.717) is 18.9 Å². The first-order chi connectivity index (χ1) is 12.0. The average molecular weight is 372 g/mol. The van der Waals surface area contributed by atoms with Gasteiger partial charge in [-0.2, -0.15) is 13.2 Å². The molecule has 0 saturated carbocycles. The normalized spacial score (nSPS) is 23.3. The second-order valence-electron chi connectivity index (χ2n) is 6.94. The Morgan fingerprint density at radius 2 is 1.81 bits per heavy atom. The van der Waals surface area contributed by atoms with Gasteiger partial charge in [0.05, 0.1) is 0 Å². The first-order valence-electron chi connectivity index (χ1n) is 8.37. The zero-order valence-electron chi connectivity index (χ0n) is 15.0. The summed E-state index contributed by atoms with van der Waals surface area (Å²) >= 11 is 0. The molecule has 1 aromatic carbocycles. The fourth-order valence-electron chi connectivity index (χ4n) is 3.26. The van der Waals surface area contributed by atoms with E-state index in [1.54, 1.807) is 49.2 Å². The van der Waals surface area contributed by atoms with Crippen molar-refractivity contribution in [3.63, 3.8) is 0 Å². The van der Waals surface area contributed by atoms with Gasteiger partial charge in [0.25, 0.3) is 11.8 Å². The molecule has 1 heterocycles. The van der Waals surface area contributed by atoms with Crippen molar-refractivity contribution in [3.8, 4) is 0 Å². The van der Waals surface area contributed by atoms with Crippen molar-refractivity contribution in [1.82, 2.24) is 9.80 Å². The Morgan fingerprint density at radius 1 is 1.23 bits per heavy atom. The number of hydrogen-bond donors (Lipinski definition) is 1. The number of carbonyl (C=O) groups excluding carboxylic acids is 2. The van der Waals surface area contributed by atoms with Gasteiger partial charge in [-0.05, 0) is 31.4 Å².